The van der Waals surface area contributed by atoms with E-state index in [1.807, 2.05) is 0 Å². The van der Waals surface area contributed by atoms with E-state index in [4.69, 9.17) is 23.7 Å². The zero-order valence-electron chi connectivity index (χ0n) is 17.7. The number of aliphatic hydroxyl groups excluding tert-OH is 11. The summed E-state index contributed by atoms with van der Waals surface area (Å²) in [5.41, 5.74) is 0. The molecule has 34 heavy (non-hydrogen) atoms. The second kappa shape index (κ2) is 11.6. The van der Waals surface area contributed by atoms with Gasteiger partial charge in [0.2, 0.25) is 0 Å². The molecule has 0 saturated carbocycles. The maximum atomic E-state index is 10.3. The normalized spacial score (nSPS) is 49.3. The second-order valence-electron chi connectivity index (χ2n) is 8.42. The van der Waals surface area contributed by atoms with Gasteiger partial charge in [-0.05, 0) is 0 Å². The van der Waals surface area contributed by atoms with E-state index in [1.165, 1.54) is 0 Å². The van der Waals surface area contributed by atoms with Crippen LogP contribution >= 0.6 is 0 Å². The van der Waals surface area contributed by atoms with Crippen molar-refractivity contribution in [2.45, 2.75) is 92.1 Å². The van der Waals surface area contributed by atoms with Gasteiger partial charge in [-0.1, -0.05) is 0 Å². The molecule has 15 unspecified atom stereocenters. The SMILES string of the molecule is OCC1OC(OCC(O)C2OC(OCC(O)C3OC(O)C(O)C3O)C(O)C2O)C(O)C(O)C1O. The van der Waals surface area contributed by atoms with Crippen LogP contribution < -0.4 is 0 Å². The Morgan fingerprint density at radius 2 is 1.03 bits per heavy atom. The maximum absolute atomic E-state index is 10.3. The number of aliphatic hydroxyl groups is 11. The number of ether oxygens (including phenoxy) is 5. The van der Waals surface area contributed by atoms with E-state index in [-0.39, 0.29) is 0 Å². The second-order valence-corrected chi connectivity index (χ2v) is 8.42. The molecule has 3 aliphatic heterocycles. The van der Waals surface area contributed by atoms with Gasteiger partial charge >= 0.3 is 0 Å². The van der Waals surface area contributed by atoms with Crippen LogP contribution in [0.1, 0.15) is 0 Å². The Labute approximate surface area is 192 Å². The van der Waals surface area contributed by atoms with Crippen molar-refractivity contribution in [3.8, 4) is 0 Å². The molecule has 3 fully saturated rings. The Kier molecular flexibility index (Phi) is 9.54. The zero-order valence-corrected chi connectivity index (χ0v) is 17.7. The fraction of sp³-hybridized carbons (Fsp3) is 1.00. The summed E-state index contributed by atoms with van der Waals surface area (Å²) in [5, 5.41) is 108. The molecule has 16 heteroatoms. The van der Waals surface area contributed by atoms with Crippen molar-refractivity contribution in [1.82, 2.24) is 0 Å². The van der Waals surface area contributed by atoms with Crippen LogP contribution in [0, 0.1) is 0 Å². The van der Waals surface area contributed by atoms with Gasteiger partial charge in [-0.3, -0.25) is 0 Å². The summed E-state index contributed by atoms with van der Waals surface area (Å²) in [6, 6.07) is 0. The van der Waals surface area contributed by atoms with E-state index >= 15 is 0 Å². The van der Waals surface area contributed by atoms with Gasteiger partial charge in [0.05, 0.1) is 19.8 Å². The summed E-state index contributed by atoms with van der Waals surface area (Å²) in [4.78, 5) is 0. The van der Waals surface area contributed by atoms with E-state index in [9.17, 15) is 56.2 Å². The summed E-state index contributed by atoms with van der Waals surface area (Å²) in [6.45, 7) is -1.93. The zero-order chi connectivity index (χ0) is 25.3. The highest BCUT2D eigenvalue weighted by Gasteiger charge is 2.50. The molecule has 11 N–H and O–H groups in total. The van der Waals surface area contributed by atoms with Crippen LogP contribution in [-0.2, 0) is 23.7 Å². The monoisotopic (exact) mass is 504 g/mol. The highest BCUT2D eigenvalue weighted by molar-refractivity contribution is 4.93. The lowest BCUT2D eigenvalue weighted by molar-refractivity contribution is -0.307. The van der Waals surface area contributed by atoms with Gasteiger partial charge in [-0.25, -0.2) is 0 Å². The Balaban J connectivity index is 1.49. The molecule has 3 saturated heterocycles. The van der Waals surface area contributed by atoms with Gasteiger partial charge in [0.25, 0.3) is 0 Å². The van der Waals surface area contributed by atoms with E-state index in [0.717, 1.165) is 0 Å². The molecule has 0 aliphatic carbocycles. The highest BCUT2D eigenvalue weighted by atomic mass is 16.7. The van der Waals surface area contributed by atoms with E-state index in [1.54, 1.807) is 0 Å². The molecule has 0 spiro atoms. The molecule has 3 rings (SSSR count). The van der Waals surface area contributed by atoms with Crippen molar-refractivity contribution >= 4 is 0 Å². The third-order valence-electron chi connectivity index (χ3n) is 6.00. The number of hydrogen-bond acceptors (Lipinski definition) is 16. The molecule has 15 atom stereocenters. The largest absolute Gasteiger partial charge is 0.394 e. The van der Waals surface area contributed by atoms with Gasteiger partial charge in [0.15, 0.2) is 18.9 Å². The predicted molar refractivity (Wildman–Crippen MR) is 101 cm³/mol. The minimum atomic E-state index is -1.72. The predicted octanol–water partition coefficient (Wildman–Crippen LogP) is -7.57. The van der Waals surface area contributed by atoms with Crippen LogP contribution in [0.25, 0.3) is 0 Å². The van der Waals surface area contributed by atoms with Crippen molar-refractivity contribution in [2.24, 2.45) is 0 Å². The molecule has 0 radical (unpaired) electrons. The number of hydrogen-bond donors (Lipinski definition) is 11. The van der Waals surface area contributed by atoms with Crippen LogP contribution in [-0.4, -0.2) is 168 Å². The van der Waals surface area contributed by atoms with Crippen LogP contribution in [0.3, 0.4) is 0 Å². The summed E-state index contributed by atoms with van der Waals surface area (Å²) in [6.07, 6.45) is -23.7. The summed E-state index contributed by atoms with van der Waals surface area (Å²) >= 11 is 0. The Bertz CT molecular complexity index is 639. The smallest absolute Gasteiger partial charge is 0.186 e. The van der Waals surface area contributed by atoms with Crippen LogP contribution in [0.2, 0.25) is 0 Å². The van der Waals surface area contributed by atoms with Gasteiger partial charge in [-0.15, -0.1) is 0 Å². The fourth-order valence-electron chi connectivity index (χ4n) is 3.91. The first-order chi connectivity index (χ1) is 16.0. The summed E-state index contributed by atoms with van der Waals surface area (Å²) < 4.78 is 25.6. The Morgan fingerprint density at radius 3 is 1.53 bits per heavy atom. The molecule has 0 aromatic heterocycles. The Morgan fingerprint density at radius 1 is 0.559 bits per heavy atom. The third-order valence-corrected chi connectivity index (χ3v) is 6.00. The van der Waals surface area contributed by atoms with E-state index < -0.39 is 112 Å². The molecule has 0 aromatic carbocycles. The first kappa shape index (κ1) is 27.9. The van der Waals surface area contributed by atoms with Gasteiger partial charge in [0.1, 0.15) is 73.2 Å². The van der Waals surface area contributed by atoms with Crippen molar-refractivity contribution in [1.29, 1.82) is 0 Å². The fourth-order valence-corrected chi connectivity index (χ4v) is 3.91. The average molecular weight is 504 g/mol. The van der Waals surface area contributed by atoms with Gasteiger partial charge < -0.3 is 79.9 Å². The van der Waals surface area contributed by atoms with Crippen LogP contribution in [0.15, 0.2) is 0 Å². The molecular weight excluding hydrogens is 472 g/mol. The lowest BCUT2D eigenvalue weighted by Crippen LogP contribution is -2.59. The van der Waals surface area contributed by atoms with Crippen LogP contribution in [0.5, 0.6) is 0 Å². The average Bonchev–Trinajstić information content (AvgIpc) is 3.25. The summed E-state index contributed by atoms with van der Waals surface area (Å²) in [7, 11) is 0. The van der Waals surface area contributed by atoms with E-state index in [0.29, 0.717) is 0 Å². The maximum Gasteiger partial charge on any atom is 0.186 e. The molecular formula is C18H32O16. The van der Waals surface area contributed by atoms with Crippen molar-refractivity contribution < 1.29 is 79.9 Å². The molecule has 0 aromatic rings. The molecule has 3 heterocycles. The topological polar surface area (TPSA) is 269 Å². The van der Waals surface area contributed by atoms with Crippen molar-refractivity contribution in [3.05, 3.63) is 0 Å². The Hall–Kier alpha value is -0.640. The molecule has 0 amide bonds. The van der Waals surface area contributed by atoms with Crippen LogP contribution in [0.4, 0.5) is 0 Å². The minimum Gasteiger partial charge on any atom is -0.394 e. The first-order valence-electron chi connectivity index (χ1n) is 10.6. The minimum absolute atomic E-state index is 0.611. The molecule has 3 aliphatic rings. The van der Waals surface area contributed by atoms with E-state index in [2.05, 4.69) is 0 Å². The molecule has 16 nitrogen and oxygen atoms in total. The lowest BCUT2D eigenvalue weighted by atomic mass is 9.99. The van der Waals surface area contributed by atoms with Gasteiger partial charge in [0, 0.05) is 0 Å². The molecule has 200 valence electrons. The lowest BCUT2D eigenvalue weighted by Gasteiger charge is -2.40. The number of rotatable bonds is 9. The molecule has 0 bridgehead atoms. The highest BCUT2D eigenvalue weighted by Crippen LogP contribution is 2.28. The van der Waals surface area contributed by atoms with Crippen molar-refractivity contribution in [3.63, 3.8) is 0 Å². The first-order valence-corrected chi connectivity index (χ1v) is 10.6. The quantitative estimate of drug-likeness (QED) is 0.139. The van der Waals surface area contributed by atoms with Crippen molar-refractivity contribution in [2.75, 3.05) is 19.8 Å². The third kappa shape index (κ3) is 5.68. The summed E-state index contributed by atoms with van der Waals surface area (Å²) in [5.74, 6) is 0. The standard InChI is InChI=1S/C18H32O16/c19-1-6-7(22)8(23)12(27)17(32-6)30-3-5(21)15-10(25)13(28)18(34-15)31-2-4(20)14-9(24)11(26)16(29)33-14/h4-29H,1-3H2. The van der Waals surface area contributed by atoms with Gasteiger partial charge in [-0.2, -0.15) is 0 Å².